The zero-order valence-corrected chi connectivity index (χ0v) is 9.95. The van der Waals surface area contributed by atoms with Crippen molar-refractivity contribution in [3.8, 4) is 0 Å². The summed E-state index contributed by atoms with van der Waals surface area (Å²) in [6.07, 6.45) is 7.68. The van der Waals surface area contributed by atoms with Crippen LogP contribution in [-0.2, 0) is 4.79 Å². The Morgan fingerprint density at radius 1 is 1.00 bits per heavy atom. The van der Waals surface area contributed by atoms with Gasteiger partial charge in [0.05, 0.1) is 6.04 Å². The molecule has 3 nitrogen and oxygen atoms in total. The molecule has 3 fully saturated rings. The molecule has 1 saturated carbocycles. The van der Waals surface area contributed by atoms with Crippen molar-refractivity contribution in [1.82, 2.24) is 10.2 Å². The number of fused-ring (bicyclic) bond motifs is 1. The minimum atomic E-state index is 0.139. The molecule has 1 N–H and O–H groups in total. The Morgan fingerprint density at radius 2 is 1.69 bits per heavy atom. The number of amides is 1. The number of carbonyl (C=O) groups excluding carboxylic acids is 1. The van der Waals surface area contributed by atoms with Crippen LogP contribution in [0.15, 0.2) is 0 Å². The maximum atomic E-state index is 12.3. The second-order valence-electron chi connectivity index (χ2n) is 5.70. The lowest BCUT2D eigenvalue weighted by Gasteiger charge is -2.22. The standard InChI is InChI=1S/C13H22N2O/c16-13(12-6-3-7-14-12)15-8-10-4-1-2-5-11(10)9-15/h10-12,14H,1-9H2. The number of rotatable bonds is 1. The highest BCUT2D eigenvalue weighted by molar-refractivity contribution is 5.82. The van der Waals surface area contributed by atoms with E-state index in [0.29, 0.717) is 5.91 Å². The predicted molar refractivity (Wildman–Crippen MR) is 63.1 cm³/mol. The Labute approximate surface area is 97.6 Å². The van der Waals surface area contributed by atoms with Crippen LogP contribution < -0.4 is 5.32 Å². The fraction of sp³-hybridized carbons (Fsp3) is 0.923. The van der Waals surface area contributed by atoms with E-state index in [1.165, 1.54) is 25.7 Å². The maximum Gasteiger partial charge on any atom is 0.239 e. The first kappa shape index (κ1) is 10.6. The average Bonchev–Trinajstić information content (AvgIpc) is 2.97. The fourth-order valence-electron chi connectivity index (χ4n) is 3.70. The number of nitrogens with one attached hydrogen (secondary N) is 1. The van der Waals surface area contributed by atoms with Gasteiger partial charge in [0.25, 0.3) is 0 Å². The highest BCUT2D eigenvalue weighted by Gasteiger charge is 2.38. The van der Waals surface area contributed by atoms with Crippen LogP contribution in [-0.4, -0.2) is 36.5 Å². The van der Waals surface area contributed by atoms with Crippen LogP contribution in [0.1, 0.15) is 38.5 Å². The van der Waals surface area contributed by atoms with E-state index in [-0.39, 0.29) is 6.04 Å². The number of hydrogen-bond acceptors (Lipinski definition) is 2. The molecule has 3 aliphatic rings. The number of nitrogens with zero attached hydrogens (tertiary/aromatic N) is 1. The number of carbonyl (C=O) groups is 1. The summed E-state index contributed by atoms with van der Waals surface area (Å²) in [6.45, 7) is 3.11. The van der Waals surface area contributed by atoms with Gasteiger partial charge < -0.3 is 10.2 Å². The first-order valence-electron chi connectivity index (χ1n) is 6.87. The van der Waals surface area contributed by atoms with Crippen molar-refractivity contribution in [3.63, 3.8) is 0 Å². The topological polar surface area (TPSA) is 32.3 Å². The second-order valence-corrected chi connectivity index (χ2v) is 5.70. The molecule has 3 heteroatoms. The molecule has 2 saturated heterocycles. The summed E-state index contributed by atoms with van der Waals surface area (Å²) in [6, 6.07) is 0.139. The molecule has 90 valence electrons. The summed E-state index contributed by atoms with van der Waals surface area (Å²) >= 11 is 0. The molecule has 1 amide bonds. The van der Waals surface area contributed by atoms with E-state index in [1.807, 2.05) is 0 Å². The zero-order chi connectivity index (χ0) is 11.0. The minimum Gasteiger partial charge on any atom is -0.341 e. The Bertz CT molecular complexity index is 259. The zero-order valence-electron chi connectivity index (χ0n) is 9.95. The van der Waals surface area contributed by atoms with E-state index in [1.54, 1.807) is 0 Å². The third-order valence-electron chi connectivity index (χ3n) is 4.65. The Hall–Kier alpha value is -0.570. The van der Waals surface area contributed by atoms with Crippen LogP contribution in [0.25, 0.3) is 0 Å². The molecular formula is C13H22N2O. The summed E-state index contributed by atoms with van der Waals surface area (Å²) in [5.41, 5.74) is 0. The lowest BCUT2D eigenvalue weighted by Crippen LogP contribution is -2.42. The Balaban J connectivity index is 1.61. The second kappa shape index (κ2) is 4.36. The van der Waals surface area contributed by atoms with Gasteiger partial charge in [0.2, 0.25) is 5.91 Å². The van der Waals surface area contributed by atoms with Gasteiger partial charge in [-0.2, -0.15) is 0 Å². The summed E-state index contributed by atoms with van der Waals surface area (Å²) in [5.74, 6) is 2.02. The van der Waals surface area contributed by atoms with Crippen molar-refractivity contribution in [2.75, 3.05) is 19.6 Å². The SMILES string of the molecule is O=C(C1CCCN1)N1CC2CCCCC2C1. The minimum absolute atomic E-state index is 0.139. The van der Waals surface area contributed by atoms with Crippen LogP contribution >= 0.6 is 0 Å². The first-order chi connectivity index (χ1) is 7.84. The summed E-state index contributed by atoms with van der Waals surface area (Å²) in [5, 5.41) is 3.32. The van der Waals surface area contributed by atoms with Crippen molar-refractivity contribution < 1.29 is 4.79 Å². The molecular weight excluding hydrogens is 200 g/mol. The van der Waals surface area contributed by atoms with E-state index < -0.39 is 0 Å². The van der Waals surface area contributed by atoms with E-state index in [2.05, 4.69) is 10.2 Å². The summed E-state index contributed by atoms with van der Waals surface area (Å²) in [7, 11) is 0. The molecule has 0 spiro atoms. The quantitative estimate of drug-likeness (QED) is 0.727. The van der Waals surface area contributed by atoms with Gasteiger partial charge in [-0.15, -0.1) is 0 Å². The van der Waals surface area contributed by atoms with Crippen LogP contribution in [0.5, 0.6) is 0 Å². The Kier molecular flexibility index (Phi) is 2.88. The van der Waals surface area contributed by atoms with Crippen molar-refractivity contribution in [3.05, 3.63) is 0 Å². The van der Waals surface area contributed by atoms with E-state index in [4.69, 9.17) is 0 Å². The lowest BCUT2D eigenvalue weighted by atomic mass is 9.82. The van der Waals surface area contributed by atoms with Crippen LogP contribution in [0, 0.1) is 11.8 Å². The summed E-state index contributed by atoms with van der Waals surface area (Å²) in [4.78, 5) is 14.4. The van der Waals surface area contributed by atoms with Gasteiger partial charge in [-0.3, -0.25) is 4.79 Å². The largest absolute Gasteiger partial charge is 0.341 e. The molecule has 3 atom stereocenters. The van der Waals surface area contributed by atoms with Crippen molar-refractivity contribution in [2.24, 2.45) is 11.8 Å². The van der Waals surface area contributed by atoms with Crippen LogP contribution in [0.2, 0.25) is 0 Å². The van der Waals surface area contributed by atoms with Gasteiger partial charge in [-0.05, 0) is 44.1 Å². The molecule has 3 rings (SSSR count). The molecule has 2 heterocycles. The number of hydrogen-bond donors (Lipinski definition) is 1. The van der Waals surface area contributed by atoms with Gasteiger partial charge >= 0.3 is 0 Å². The molecule has 0 aromatic carbocycles. The van der Waals surface area contributed by atoms with Gasteiger partial charge in [0, 0.05) is 13.1 Å². The first-order valence-corrected chi connectivity index (χ1v) is 6.87. The lowest BCUT2D eigenvalue weighted by molar-refractivity contribution is -0.132. The molecule has 0 aromatic heterocycles. The van der Waals surface area contributed by atoms with Crippen LogP contribution in [0.4, 0.5) is 0 Å². The fourth-order valence-corrected chi connectivity index (χ4v) is 3.70. The normalized spacial score (nSPS) is 38.8. The highest BCUT2D eigenvalue weighted by Crippen LogP contribution is 2.36. The highest BCUT2D eigenvalue weighted by atomic mass is 16.2. The van der Waals surface area contributed by atoms with Crippen LogP contribution in [0.3, 0.4) is 0 Å². The van der Waals surface area contributed by atoms with E-state index >= 15 is 0 Å². The molecule has 1 aliphatic carbocycles. The third kappa shape index (κ3) is 1.86. The number of likely N-dealkylation sites (tertiary alicyclic amines) is 1. The third-order valence-corrected chi connectivity index (χ3v) is 4.65. The monoisotopic (exact) mass is 222 g/mol. The summed E-state index contributed by atoms with van der Waals surface area (Å²) < 4.78 is 0. The average molecular weight is 222 g/mol. The van der Waals surface area contributed by atoms with Crippen molar-refractivity contribution >= 4 is 5.91 Å². The maximum absolute atomic E-state index is 12.3. The predicted octanol–water partition coefficient (Wildman–Crippen LogP) is 1.39. The Morgan fingerprint density at radius 3 is 2.25 bits per heavy atom. The molecule has 0 aromatic rings. The molecule has 0 bridgehead atoms. The molecule has 3 unspecified atom stereocenters. The van der Waals surface area contributed by atoms with Gasteiger partial charge in [-0.25, -0.2) is 0 Å². The smallest absolute Gasteiger partial charge is 0.239 e. The van der Waals surface area contributed by atoms with Gasteiger partial charge in [0.15, 0.2) is 0 Å². The van der Waals surface area contributed by atoms with Crippen molar-refractivity contribution in [2.45, 2.75) is 44.6 Å². The van der Waals surface area contributed by atoms with E-state index in [9.17, 15) is 4.79 Å². The molecule has 2 aliphatic heterocycles. The molecule has 16 heavy (non-hydrogen) atoms. The molecule has 0 radical (unpaired) electrons. The van der Waals surface area contributed by atoms with Gasteiger partial charge in [0.1, 0.15) is 0 Å². The van der Waals surface area contributed by atoms with Gasteiger partial charge in [-0.1, -0.05) is 12.8 Å². The van der Waals surface area contributed by atoms with E-state index in [0.717, 1.165) is 44.3 Å². The van der Waals surface area contributed by atoms with Crippen molar-refractivity contribution in [1.29, 1.82) is 0 Å².